The Morgan fingerprint density at radius 2 is 1.50 bits per heavy atom. The van der Waals surface area contributed by atoms with Crippen LogP contribution < -0.4 is 10.1 Å². The molecule has 36 heavy (non-hydrogen) atoms. The Morgan fingerprint density at radius 1 is 0.972 bits per heavy atom. The SMILES string of the molecule is COc1ccccc1C(CCS(=N)(=O)CC[C@H](NC(=O)OC(C)(C)C)C(=O)OC(C)(C)C)C(F)(F)F. The second kappa shape index (κ2) is 12.2. The zero-order valence-corrected chi connectivity index (χ0v) is 22.6. The number of para-hydroxylation sites is 1. The smallest absolute Gasteiger partial charge is 0.408 e. The van der Waals surface area contributed by atoms with Gasteiger partial charge in [0, 0.05) is 26.8 Å². The van der Waals surface area contributed by atoms with Crippen molar-refractivity contribution in [2.75, 3.05) is 18.6 Å². The second-order valence-corrected chi connectivity index (χ2v) is 12.8. The number of nitrogens with one attached hydrogen (secondary N) is 2. The molecule has 1 aromatic carbocycles. The van der Waals surface area contributed by atoms with Crippen LogP contribution in [0.25, 0.3) is 0 Å². The molecule has 3 atom stereocenters. The average Bonchev–Trinajstić information content (AvgIpc) is 2.67. The molecule has 1 rings (SSSR count). The molecule has 0 saturated carbocycles. The van der Waals surface area contributed by atoms with Crippen molar-refractivity contribution < 1.29 is 41.2 Å². The number of ether oxygens (including phenoxy) is 3. The normalized spacial score (nSPS) is 15.8. The molecule has 0 aliphatic rings. The van der Waals surface area contributed by atoms with E-state index < -0.39 is 69.1 Å². The fourth-order valence-electron chi connectivity index (χ4n) is 3.24. The third-order valence-corrected chi connectivity index (χ3v) is 6.55. The van der Waals surface area contributed by atoms with Gasteiger partial charge >= 0.3 is 18.2 Å². The molecule has 1 aromatic rings. The number of carbonyl (C=O) groups is 2. The predicted molar refractivity (Wildman–Crippen MR) is 131 cm³/mol. The van der Waals surface area contributed by atoms with Crippen molar-refractivity contribution in [3.05, 3.63) is 29.8 Å². The minimum atomic E-state index is -4.65. The van der Waals surface area contributed by atoms with E-state index in [2.05, 4.69) is 5.32 Å². The molecule has 0 fully saturated rings. The summed E-state index contributed by atoms with van der Waals surface area (Å²) in [6.07, 6.45) is -6.45. The van der Waals surface area contributed by atoms with Gasteiger partial charge in [0.2, 0.25) is 0 Å². The molecule has 0 aliphatic carbocycles. The summed E-state index contributed by atoms with van der Waals surface area (Å²) >= 11 is 0. The van der Waals surface area contributed by atoms with Crippen LogP contribution in [-0.2, 0) is 24.0 Å². The number of esters is 1. The van der Waals surface area contributed by atoms with E-state index >= 15 is 0 Å². The minimum absolute atomic E-state index is 0.0443. The van der Waals surface area contributed by atoms with Gasteiger partial charge in [-0.05, 0) is 60.5 Å². The van der Waals surface area contributed by atoms with Crippen LogP contribution in [0.4, 0.5) is 18.0 Å². The van der Waals surface area contributed by atoms with Crippen molar-refractivity contribution in [2.45, 2.75) is 83.7 Å². The quantitative estimate of drug-likeness (QED) is 0.386. The highest BCUT2D eigenvalue weighted by molar-refractivity contribution is 7.92. The van der Waals surface area contributed by atoms with E-state index in [9.17, 15) is 27.0 Å². The molecular weight excluding hydrogens is 501 g/mol. The van der Waals surface area contributed by atoms with Gasteiger partial charge in [-0.2, -0.15) is 13.2 Å². The highest BCUT2D eigenvalue weighted by Gasteiger charge is 2.42. The Hall–Kier alpha value is -2.50. The van der Waals surface area contributed by atoms with E-state index in [4.69, 9.17) is 19.0 Å². The third kappa shape index (κ3) is 11.5. The topological polar surface area (TPSA) is 115 Å². The van der Waals surface area contributed by atoms with Gasteiger partial charge in [0.05, 0.1) is 13.0 Å². The fourth-order valence-corrected chi connectivity index (χ4v) is 4.68. The van der Waals surface area contributed by atoms with Gasteiger partial charge in [-0.25, -0.2) is 13.8 Å². The average molecular weight is 539 g/mol. The molecule has 1 amide bonds. The van der Waals surface area contributed by atoms with Crippen molar-refractivity contribution in [1.29, 1.82) is 4.78 Å². The Morgan fingerprint density at radius 3 is 2.00 bits per heavy atom. The largest absolute Gasteiger partial charge is 0.496 e. The van der Waals surface area contributed by atoms with Gasteiger partial charge < -0.3 is 19.5 Å². The summed E-state index contributed by atoms with van der Waals surface area (Å²) in [5.41, 5.74) is -1.85. The van der Waals surface area contributed by atoms with Crippen LogP contribution in [0.1, 0.15) is 65.9 Å². The lowest BCUT2D eigenvalue weighted by molar-refractivity contribution is -0.157. The van der Waals surface area contributed by atoms with Crippen LogP contribution in [0.2, 0.25) is 0 Å². The molecule has 0 bridgehead atoms. The molecule has 0 spiro atoms. The summed E-state index contributed by atoms with van der Waals surface area (Å²) in [5, 5.41) is 2.36. The molecule has 0 aliphatic heterocycles. The number of carbonyl (C=O) groups excluding carboxylic acids is 2. The maximum Gasteiger partial charge on any atom is 0.408 e. The van der Waals surface area contributed by atoms with Gasteiger partial charge in [-0.15, -0.1) is 0 Å². The van der Waals surface area contributed by atoms with Crippen molar-refractivity contribution in [2.24, 2.45) is 0 Å². The first-order valence-electron chi connectivity index (χ1n) is 11.4. The molecule has 8 nitrogen and oxygen atoms in total. The monoisotopic (exact) mass is 538 g/mol. The number of alkyl carbamates (subject to hydrolysis) is 1. The predicted octanol–water partition coefficient (Wildman–Crippen LogP) is 5.40. The first-order chi connectivity index (χ1) is 16.2. The van der Waals surface area contributed by atoms with Gasteiger partial charge in [0.1, 0.15) is 23.0 Å². The van der Waals surface area contributed by atoms with E-state index in [0.717, 1.165) is 0 Å². The van der Waals surface area contributed by atoms with E-state index in [1.807, 2.05) is 0 Å². The molecule has 0 radical (unpaired) electrons. The second-order valence-electron chi connectivity index (χ2n) is 10.4. The van der Waals surface area contributed by atoms with Crippen molar-refractivity contribution in [3.63, 3.8) is 0 Å². The number of rotatable bonds is 10. The minimum Gasteiger partial charge on any atom is -0.496 e. The van der Waals surface area contributed by atoms with Crippen molar-refractivity contribution in [1.82, 2.24) is 5.32 Å². The molecule has 0 heterocycles. The van der Waals surface area contributed by atoms with E-state index in [1.165, 1.54) is 31.4 Å². The number of benzene rings is 1. The zero-order chi connectivity index (χ0) is 27.9. The van der Waals surface area contributed by atoms with E-state index in [0.29, 0.717) is 0 Å². The number of methoxy groups -OCH3 is 1. The molecule has 0 aromatic heterocycles. The Bertz CT molecular complexity index is 998. The molecule has 206 valence electrons. The molecule has 2 N–H and O–H groups in total. The molecule has 2 unspecified atom stereocenters. The molecule has 12 heteroatoms. The maximum absolute atomic E-state index is 13.8. The van der Waals surface area contributed by atoms with Crippen molar-refractivity contribution >= 4 is 21.8 Å². The fraction of sp³-hybridized carbons (Fsp3) is 0.667. The van der Waals surface area contributed by atoms with Crippen LogP contribution in [0.3, 0.4) is 0 Å². The van der Waals surface area contributed by atoms with Gasteiger partial charge in [-0.1, -0.05) is 18.2 Å². The first kappa shape index (κ1) is 31.5. The Balaban J connectivity index is 3.00. The number of hydrogen-bond donors (Lipinski definition) is 2. The van der Waals surface area contributed by atoms with Crippen LogP contribution in [0.5, 0.6) is 5.75 Å². The Labute approximate surface area is 211 Å². The van der Waals surface area contributed by atoms with Crippen LogP contribution in [0.15, 0.2) is 24.3 Å². The summed E-state index contributed by atoms with van der Waals surface area (Å²) < 4.78 is 78.0. The zero-order valence-electron chi connectivity index (χ0n) is 21.8. The summed E-state index contributed by atoms with van der Waals surface area (Å²) in [6.45, 7) is 9.76. The lowest BCUT2D eigenvalue weighted by Gasteiger charge is -2.26. The summed E-state index contributed by atoms with van der Waals surface area (Å²) in [5.74, 6) is -3.76. The molecule has 0 saturated heterocycles. The highest BCUT2D eigenvalue weighted by atomic mass is 32.2. The van der Waals surface area contributed by atoms with Crippen LogP contribution >= 0.6 is 0 Å². The highest BCUT2D eigenvalue weighted by Crippen LogP contribution is 2.41. The standard InChI is InChI=1S/C24H37F3N2O6S/c1-22(2,3)34-20(30)18(29-21(31)35-23(4,5)6)13-15-36(28,32)14-12-17(24(25,26)27)16-10-8-9-11-19(16)33-7/h8-11,17-18,28H,12-15H2,1-7H3,(H,29,31)/t17?,18-,36?/m0/s1. The van der Waals surface area contributed by atoms with Gasteiger partial charge in [-0.3, -0.25) is 4.78 Å². The number of hydrogen-bond acceptors (Lipinski definition) is 7. The van der Waals surface area contributed by atoms with E-state index in [1.54, 1.807) is 41.5 Å². The van der Waals surface area contributed by atoms with Crippen molar-refractivity contribution in [3.8, 4) is 5.75 Å². The number of amides is 1. The summed E-state index contributed by atoms with van der Waals surface area (Å²) in [6, 6.07) is 4.38. The van der Waals surface area contributed by atoms with E-state index in [-0.39, 0.29) is 17.7 Å². The van der Waals surface area contributed by atoms with Crippen LogP contribution in [-0.4, -0.2) is 58.3 Å². The first-order valence-corrected chi connectivity index (χ1v) is 13.3. The Kier molecular flexibility index (Phi) is 10.6. The lowest BCUT2D eigenvalue weighted by Crippen LogP contribution is -2.46. The number of alkyl halides is 3. The maximum atomic E-state index is 13.8. The number of halogens is 3. The lowest BCUT2D eigenvalue weighted by atomic mass is 9.95. The van der Waals surface area contributed by atoms with Crippen LogP contribution in [0, 0.1) is 4.78 Å². The van der Waals surface area contributed by atoms with Gasteiger partial charge in [0.25, 0.3) is 0 Å². The third-order valence-electron chi connectivity index (χ3n) is 4.76. The molecular formula is C24H37F3N2O6S. The van der Waals surface area contributed by atoms with Gasteiger partial charge in [0.15, 0.2) is 0 Å². The summed E-state index contributed by atoms with van der Waals surface area (Å²) in [4.78, 5) is 24.8. The summed E-state index contributed by atoms with van der Waals surface area (Å²) in [7, 11) is -2.29.